The number of aliphatic hydroxyl groups is 11. The Bertz CT molecular complexity index is 1590. The molecular formula is C53H98N2O21. The van der Waals surface area contributed by atoms with Crippen LogP contribution in [0, 0.1) is 0 Å². The summed E-state index contributed by atoms with van der Waals surface area (Å²) in [7, 11) is 0. The normalized spacial score (nSPS) is 31.6. The fourth-order valence-corrected chi connectivity index (χ4v) is 10.2. The molecule has 14 N–H and O–H groups in total. The average Bonchev–Trinajstić information content (AvgIpc) is 3.39. The molecule has 0 bridgehead atoms. The van der Waals surface area contributed by atoms with E-state index in [0.717, 1.165) is 58.3 Å². The lowest BCUT2D eigenvalue weighted by molar-refractivity contribution is -0.386. The monoisotopic (exact) mass is 1100 g/mol. The Hall–Kier alpha value is -2.27. The van der Waals surface area contributed by atoms with E-state index in [1.165, 1.54) is 77.0 Å². The van der Waals surface area contributed by atoms with Crippen LogP contribution in [0.5, 0.6) is 0 Å². The number of carboxylic acids is 1. The van der Waals surface area contributed by atoms with Crippen LogP contribution in [0.3, 0.4) is 0 Å². The minimum Gasteiger partial charge on any atom is -0.477 e. The van der Waals surface area contributed by atoms with Gasteiger partial charge in [0.2, 0.25) is 11.8 Å². The molecular weight excluding hydrogens is 1000 g/mol. The standard InChI is InChI=1S/C53H98N2O21/c1-4-6-8-10-12-14-16-18-20-22-24-26-35(60)34(55-40(63)27-25-23-21-19-17-15-13-11-9-7-5-2)32-71-50-45(67)44(66)47(39(31-58)73-50)74-51-46(68)49(43(65)38(30-57)72-51)76-53(52(69)70)28-36(61)41(54-33(3)59)48(75-53)42(64)37(62)29-56/h34-39,41-51,56-58,60-62,64-68H,4-32H2,1-3H3,(H,54,59)(H,55,63)(H,69,70). The van der Waals surface area contributed by atoms with E-state index in [0.29, 0.717) is 19.3 Å². The smallest absolute Gasteiger partial charge is 0.364 e. The summed E-state index contributed by atoms with van der Waals surface area (Å²) in [5.74, 6) is -6.10. The first kappa shape index (κ1) is 68.0. The predicted molar refractivity (Wildman–Crippen MR) is 274 cm³/mol. The van der Waals surface area contributed by atoms with E-state index < -0.39 is 148 Å². The molecule has 23 heteroatoms. The Morgan fingerprint density at radius 3 is 1.64 bits per heavy atom. The quantitative estimate of drug-likeness (QED) is 0.0381. The fraction of sp³-hybridized carbons (Fsp3) is 0.943. The van der Waals surface area contributed by atoms with Gasteiger partial charge < -0.3 is 100 Å². The molecule has 3 fully saturated rings. The number of carboxylic acid groups (broad SMARTS) is 1. The Morgan fingerprint density at radius 2 is 1.14 bits per heavy atom. The Balaban J connectivity index is 1.70. The first-order chi connectivity index (χ1) is 36.4. The van der Waals surface area contributed by atoms with E-state index in [9.17, 15) is 75.7 Å². The van der Waals surface area contributed by atoms with Crippen molar-refractivity contribution < 1.29 is 104 Å². The number of unbranched alkanes of at least 4 members (excludes halogenated alkanes) is 20. The van der Waals surface area contributed by atoms with E-state index in [1.807, 2.05) is 0 Å². The number of carbonyl (C=O) groups excluding carboxylic acids is 2. The summed E-state index contributed by atoms with van der Waals surface area (Å²) in [6.45, 7) is 2.12. The van der Waals surface area contributed by atoms with Crippen molar-refractivity contribution in [3.05, 3.63) is 0 Å². The molecule has 3 aliphatic rings. The second-order valence-corrected chi connectivity index (χ2v) is 21.2. The van der Waals surface area contributed by atoms with Crippen LogP contribution < -0.4 is 10.6 Å². The van der Waals surface area contributed by atoms with Gasteiger partial charge in [-0.25, -0.2) is 4.79 Å². The molecule has 0 spiro atoms. The zero-order valence-electron chi connectivity index (χ0n) is 45.4. The number of hydrogen-bond donors (Lipinski definition) is 14. The second-order valence-electron chi connectivity index (χ2n) is 21.2. The minimum absolute atomic E-state index is 0.227. The van der Waals surface area contributed by atoms with Gasteiger partial charge in [0.15, 0.2) is 12.6 Å². The maximum Gasteiger partial charge on any atom is 0.364 e. The predicted octanol–water partition coefficient (Wildman–Crippen LogP) is 1.05. The first-order valence-corrected chi connectivity index (χ1v) is 28.4. The minimum atomic E-state index is -3.07. The zero-order chi connectivity index (χ0) is 56.2. The van der Waals surface area contributed by atoms with Crippen LogP contribution in [0.2, 0.25) is 0 Å². The molecule has 3 saturated heterocycles. The molecule has 446 valence electrons. The molecule has 3 heterocycles. The van der Waals surface area contributed by atoms with Crippen molar-refractivity contribution in [3.8, 4) is 0 Å². The third-order valence-electron chi connectivity index (χ3n) is 14.8. The van der Waals surface area contributed by atoms with Gasteiger partial charge >= 0.3 is 5.97 Å². The summed E-state index contributed by atoms with van der Waals surface area (Å²) < 4.78 is 34.6. The Labute approximate surface area is 448 Å². The molecule has 18 atom stereocenters. The molecule has 76 heavy (non-hydrogen) atoms. The molecule has 2 amide bonds. The van der Waals surface area contributed by atoms with Crippen LogP contribution in [0.1, 0.15) is 181 Å². The van der Waals surface area contributed by atoms with Crippen LogP contribution in [-0.4, -0.2) is 215 Å². The van der Waals surface area contributed by atoms with E-state index >= 15 is 0 Å². The molecule has 3 aliphatic heterocycles. The topological polar surface area (TPSA) is 373 Å². The Kier molecular flexibility index (Phi) is 33.0. The maximum atomic E-state index is 13.3. The highest BCUT2D eigenvalue weighted by Gasteiger charge is 2.60. The van der Waals surface area contributed by atoms with Gasteiger partial charge in [0.05, 0.1) is 50.7 Å². The van der Waals surface area contributed by atoms with Crippen LogP contribution in [0.4, 0.5) is 0 Å². The van der Waals surface area contributed by atoms with Crippen molar-refractivity contribution in [1.29, 1.82) is 0 Å². The maximum absolute atomic E-state index is 13.3. The van der Waals surface area contributed by atoms with Gasteiger partial charge in [0.25, 0.3) is 5.79 Å². The van der Waals surface area contributed by atoms with Gasteiger partial charge in [-0.3, -0.25) is 9.59 Å². The highest BCUT2D eigenvalue weighted by Crippen LogP contribution is 2.38. The Morgan fingerprint density at radius 1 is 0.632 bits per heavy atom. The van der Waals surface area contributed by atoms with Crippen molar-refractivity contribution in [2.75, 3.05) is 26.4 Å². The number of amides is 2. The largest absolute Gasteiger partial charge is 0.477 e. The summed E-state index contributed by atoms with van der Waals surface area (Å²) in [6, 6.07) is -2.52. The summed E-state index contributed by atoms with van der Waals surface area (Å²) in [5, 5.41) is 135. The van der Waals surface area contributed by atoms with E-state index in [2.05, 4.69) is 24.5 Å². The van der Waals surface area contributed by atoms with Crippen LogP contribution in [-0.2, 0) is 42.8 Å². The number of nitrogens with one attached hydrogen (secondary N) is 2. The van der Waals surface area contributed by atoms with Gasteiger partial charge in [-0.05, 0) is 12.8 Å². The van der Waals surface area contributed by atoms with Crippen molar-refractivity contribution >= 4 is 17.8 Å². The second kappa shape index (κ2) is 36.9. The van der Waals surface area contributed by atoms with Crippen molar-refractivity contribution in [2.24, 2.45) is 0 Å². The molecule has 23 nitrogen and oxygen atoms in total. The lowest BCUT2D eigenvalue weighted by Gasteiger charge is -2.50. The number of ether oxygens (including phenoxy) is 6. The first-order valence-electron chi connectivity index (χ1n) is 28.4. The number of aliphatic carboxylic acids is 1. The third kappa shape index (κ3) is 22.0. The van der Waals surface area contributed by atoms with Crippen molar-refractivity contribution in [2.45, 2.75) is 291 Å². The average molecular weight is 1100 g/mol. The summed E-state index contributed by atoms with van der Waals surface area (Å²) in [6.07, 6.45) is -4.10. The van der Waals surface area contributed by atoms with Gasteiger partial charge in [0, 0.05) is 19.8 Å². The number of rotatable bonds is 40. The molecule has 3 rings (SSSR count). The van der Waals surface area contributed by atoms with Crippen molar-refractivity contribution in [1.82, 2.24) is 10.6 Å². The molecule has 0 aliphatic carbocycles. The third-order valence-corrected chi connectivity index (χ3v) is 14.8. The van der Waals surface area contributed by atoms with Gasteiger partial charge in [0.1, 0.15) is 67.1 Å². The molecule has 0 aromatic heterocycles. The van der Waals surface area contributed by atoms with E-state index in [1.54, 1.807) is 0 Å². The molecule has 18 unspecified atom stereocenters. The van der Waals surface area contributed by atoms with Gasteiger partial charge in [-0.15, -0.1) is 0 Å². The van der Waals surface area contributed by atoms with Crippen LogP contribution in [0.15, 0.2) is 0 Å². The summed E-state index contributed by atoms with van der Waals surface area (Å²) in [4.78, 5) is 38.2. The van der Waals surface area contributed by atoms with Gasteiger partial charge in [-0.1, -0.05) is 149 Å². The number of aliphatic hydroxyl groups excluding tert-OH is 11. The number of carbonyl (C=O) groups is 3. The van der Waals surface area contributed by atoms with Crippen molar-refractivity contribution in [3.63, 3.8) is 0 Å². The van der Waals surface area contributed by atoms with Crippen LogP contribution >= 0.6 is 0 Å². The zero-order valence-corrected chi connectivity index (χ0v) is 45.4. The van der Waals surface area contributed by atoms with Gasteiger partial charge in [-0.2, -0.15) is 0 Å². The molecule has 0 aromatic carbocycles. The summed E-state index contributed by atoms with van der Waals surface area (Å²) in [5.41, 5.74) is 0. The highest BCUT2D eigenvalue weighted by molar-refractivity contribution is 5.77. The SMILES string of the molecule is CCCCCCCCCCCCCC(=O)NC(COC1OC(CO)C(OC2OC(CO)C(O)C(OC3(C(=O)O)CC(O)C(NC(C)=O)C(C(O)C(O)CO)O3)C2O)C(O)C1O)C(O)CCCCCCCCCCCCC. The lowest BCUT2D eigenvalue weighted by Crippen LogP contribution is -2.70. The highest BCUT2D eigenvalue weighted by atomic mass is 16.8. The van der Waals surface area contributed by atoms with E-state index in [-0.39, 0.29) is 18.9 Å². The summed E-state index contributed by atoms with van der Waals surface area (Å²) >= 11 is 0. The van der Waals surface area contributed by atoms with E-state index in [4.69, 9.17) is 28.4 Å². The fourth-order valence-electron chi connectivity index (χ4n) is 10.2. The molecule has 0 saturated carbocycles. The molecule has 0 aromatic rings. The number of hydrogen-bond acceptors (Lipinski definition) is 20. The molecule has 0 radical (unpaired) electrons. The van der Waals surface area contributed by atoms with Crippen LogP contribution in [0.25, 0.3) is 0 Å². The lowest BCUT2D eigenvalue weighted by atomic mass is 9.88.